The Bertz CT molecular complexity index is 1380. The van der Waals surface area contributed by atoms with E-state index in [4.69, 9.17) is 10.7 Å². The number of rotatable bonds is 7. The van der Waals surface area contributed by atoms with Crippen LogP contribution in [0, 0.1) is 11.3 Å². The average Bonchev–Trinajstić information content (AvgIpc) is 2.84. The molecule has 33 heavy (non-hydrogen) atoms. The summed E-state index contributed by atoms with van der Waals surface area (Å²) in [5.74, 6) is -0.536. The van der Waals surface area contributed by atoms with Crippen LogP contribution in [0.1, 0.15) is 16.7 Å². The summed E-state index contributed by atoms with van der Waals surface area (Å²) in [6.45, 7) is 0.926. The molecule has 0 atom stereocenters. The van der Waals surface area contributed by atoms with Crippen molar-refractivity contribution in [2.45, 2.75) is 13.1 Å². The van der Waals surface area contributed by atoms with E-state index in [1.807, 2.05) is 65.6 Å². The third kappa shape index (κ3) is 4.81. The van der Waals surface area contributed by atoms with Crippen molar-refractivity contribution >= 4 is 23.4 Å². The summed E-state index contributed by atoms with van der Waals surface area (Å²) in [7, 11) is 0. The van der Waals surface area contributed by atoms with Gasteiger partial charge in [-0.1, -0.05) is 66.7 Å². The van der Waals surface area contributed by atoms with E-state index < -0.39 is 11.5 Å². The summed E-state index contributed by atoms with van der Waals surface area (Å²) in [5.41, 5.74) is 7.28. The molecular weight excluding hydrogens is 414 g/mol. The zero-order chi connectivity index (χ0) is 23.2. The van der Waals surface area contributed by atoms with Gasteiger partial charge in [0.2, 0.25) is 0 Å². The third-order valence-corrected chi connectivity index (χ3v) is 5.16. The maximum absolute atomic E-state index is 13.4. The number of nitriles is 1. The largest absolute Gasteiger partial charge is 0.365 e. The number of anilines is 1. The molecule has 0 aliphatic rings. The first kappa shape index (κ1) is 21.5. The highest BCUT2D eigenvalue weighted by atomic mass is 16.1. The third-order valence-electron chi connectivity index (χ3n) is 5.16. The molecule has 0 radical (unpaired) electrons. The Labute approximate surface area is 190 Å². The Kier molecular flexibility index (Phi) is 6.28. The van der Waals surface area contributed by atoms with Gasteiger partial charge in [-0.25, -0.2) is 4.98 Å². The number of pyridine rings is 1. The van der Waals surface area contributed by atoms with E-state index in [0.29, 0.717) is 24.6 Å². The molecule has 7 heteroatoms. The number of carbonyl (C=O) groups is 1. The Morgan fingerprint density at radius 1 is 0.970 bits per heavy atom. The van der Waals surface area contributed by atoms with Gasteiger partial charge in [-0.2, -0.15) is 5.26 Å². The zero-order valence-electron chi connectivity index (χ0n) is 17.8. The predicted octanol–water partition coefficient (Wildman–Crippen LogP) is 3.29. The highest BCUT2D eigenvalue weighted by molar-refractivity contribution is 6.01. The van der Waals surface area contributed by atoms with Crippen molar-refractivity contribution in [3.05, 3.63) is 118 Å². The maximum atomic E-state index is 13.4. The minimum Gasteiger partial charge on any atom is -0.365 e. The van der Waals surface area contributed by atoms with Crippen molar-refractivity contribution in [3.8, 4) is 6.07 Å². The summed E-state index contributed by atoms with van der Waals surface area (Å²) in [6.07, 6.45) is 2.83. The molecule has 0 aliphatic heterocycles. The molecule has 0 spiro atoms. The van der Waals surface area contributed by atoms with Crippen molar-refractivity contribution in [1.82, 2.24) is 9.38 Å². The van der Waals surface area contributed by atoms with Gasteiger partial charge in [0.15, 0.2) is 0 Å². The van der Waals surface area contributed by atoms with Crippen molar-refractivity contribution in [3.63, 3.8) is 0 Å². The summed E-state index contributed by atoms with van der Waals surface area (Å²) < 4.78 is 1.38. The summed E-state index contributed by atoms with van der Waals surface area (Å²) in [5, 5.41) is 9.40. The first-order chi connectivity index (χ1) is 16.1. The highest BCUT2D eigenvalue weighted by Crippen LogP contribution is 2.23. The Morgan fingerprint density at radius 2 is 1.55 bits per heavy atom. The van der Waals surface area contributed by atoms with Crippen LogP contribution in [0.2, 0.25) is 0 Å². The topological polar surface area (TPSA) is 104 Å². The van der Waals surface area contributed by atoms with E-state index >= 15 is 0 Å². The normalized spacial score (nSPS) is 11.2. The fourth-order valence-corrected chi connectivity index (χ4v) is 3.57. The molecule has 2 aromatic heterocycles. The Hall–Kier alpha value is -4.70. The lowest BCUT2D eigenvalue weighted by Crippen LogP contribution is -2.29. The number of carbonyl (C=O) groups excluding carboxylic acids is 1. The fourth-order valence-electron chi connectivity index (χ4n) is 3.57. The fraction of sp³-hybridized carbons (Fsp3) is 0.0769. The average molecular weight is 435 g/mol. The van der Waals surface area contributed by atoms with Crippen LogP contribution < -0.4 is 16.2 Å². The molecule has 0 saturated carbocycles. The number of primary amides is 1. The van der Waals surface area contributed by atoms with Gasteiger partial charge in [0, 0.05) is 19.3 Å². The lowest BCUT2D eigenvalue weighted by atomic mass is 10.1. The first-order valence-corrected chi connectivity index (χ1v) is 10.3. The van der Waals surface area contributed by atoms with Gasteiger partial charge < -0.3 is 10.6 Å². The van der Waals surface area contributed by atoms with E-state index in [2.05, 4.69) is 0 Å². The van der Waals surface area contributed by atoms with Crippen LogP contribution in [-0.2, 0) is 17.9 Å². The number of nitrogens with two attached hydrogens (primary N) is 1. The number of benzene rings is 2. The lowest BCUT2D eigenvalue weighted by Gasteiger charge is -2.26. The van der Waals surface area contributed by atoms with Gasteiger partial charge in [-0.05, 0) is 29.3 Å². The van der Waals surface area contributed by atoms with E-state index in [1.165, 1.54) is 10.5 Å². The lowest BCUT2D eigenvalue weighted by molar-refractivity contribution is -0.114. The van der Waals surface area contributed by atoms with E-state index in [9.17, 15) is 14.9 Å². The molecule has 162 valence electrons. The van der Waals surface area contributed by atoms with Crippen LogP contribution >= 0.6 is 0 Å². The van der Waals surface area contributed by atoms with Crippen LogP contribution in [-0.4, -0.2) is 15.3 Å². The van der Waals surface area contributed by atoms with Crippen LogP contribution in [0.5, 0.6) is 0 Å². The molecule has 4 rings (SSSR count). The van der Waals surface area contributed by atoms with E-state index in [-0.39, 0.29) is 11.1 Å². The molecule has 1 amide bonds. The van der Waals surface area contributed by atoms with E-state index in [0.717, 1.165) is 11.1 Å². The van der Waals surface area contributed by atoms with Gasteiger partial charge in [0.25, 0.3) is 11.5 Å². The number of amides is 1. The number of fused-ring (bicyclic) bond motifs is 1. The number of aromatic nitrogens is 2. The van der Waals surface area contributed by atoms with Crippen molar-refractivity contribution < 1.29 is 4.79 Å². The summed E-state index contributed by atoms with van der Waals surface area (Å²) in [4.78, 5) is 31.9. The highest BCUT2D eigenvalue weighted by Gasteiger charge is 2.20. The minimum absolute atomic E-state index is 0.126. The molecule has 4 aromatic rings. The van der Waals surface area contributed by atoms with Gasteiger partial charge in [0.05, 0.1) is 5.56 Å². The molecule has 0 aliphatic carbocycles. The molecule has 0 saturated heterocycles. The van der Waals surface area contributed by atoms with Crippen LogP contribution in [0.15, 0.2) is 95.4 Å². The molecule has 7 nitrogen and oxygen atoms in total. The predicted molar refractivity (Wildman–Crippen MR) is 127 cm³/mol. The van der Waals surface area contributed by atoms with Crippen LogP contribution in [0.3, 0.4) is 0 Å². The quantitative estimate of drug-likeness (QED) is 0.354. The number of hydrogen-bond acceptors (Lipinski definition) is 5. The second-order valence-corrected chi connectivity index (χ2v) is 7.44. The van der Waals surface area contributed by atoms with E-state index in [1.54, 1.807) is 30.5 Å². The zero-order valence-corrected chi connectivity index (χ0v) is 17.8. The Balaban J connectivity index is 1.95. The molecule has 0 fully saturated rings. The second-order valence-electron chi connectivity index (χ2n) is 7.44. The van der Waals surface area contributed by atoms with Crippen LogP contribution in [0.4, 0.5) is 5.82 Å². The van der Waals surface area contributed by atoms with Crippen LogP contribution in [0.25, 0.3) is 11.7 Å². The monoisotopic (exact) mass is 435 g/mol. The number of nitrogens with zero attached hydrogens (tertiary/aromatic N) is 4. The number of hydrogen-bond donors (Lipinski definition) is 1. The second kappa shape index (κ2) is 9.62. The Morgan fingerprint density at radius 3 is 2.09 bits per heavy atom. The van der Waals surface area contributed by atoms with Crippen molar-refractivity contribution in [2.24, 2.45) is 5.73 Å². The van der Waals surface area contributed by atoms with Gasteiger partial charge in [-0.15, -0.1) is 0 Å². The first-order valence-electron chi connectivity index (χ1n) is 10.3. The van der Waals surface area contributed by atoms with Crippen molar-refractivity contribution in [2.75, 3.05) is 4.90 Å². The van der Waals surface area contributed by atoms with Gasteiger partial charge in [-0.3, -0.25) is 14.0 Å². The summed E-state index contributed by atoms with van der Waals surface area (Å²) in [6, 6.07) is 26.7. The molecule has 2 N–H and O–H groups in total. The standard InChI is InChI=1S/C26H21N5O2/c27-16-21(24(28)32)15-22-25(29-23-13-7-8-14-31(23)26(22)33)30(17-19-9-3-1-4-10-19)18-20-11-5-2-6-12-20/h1-15H,17-18H2,(H2,28,32)/b21-15+. The van der Waals surface area contributed by atoms with Gasteiger partial charge in [0.1, 0.15) is 23.1 Å². The smallest absolute Gasteiger partial charge is 0.267 e. The van der Waals surface area contributed by atoms with Gasteiger partial charge >= 0.3 is 0 Å². The maximum Gasteiger partial charge on any atom is 0.267 e. The minimum atomic E-state index is -0.904. The summed E-state index contributed by atoms with van der Waals surface area (Å²) >= 11 is 0. The SMILES string of the molecule is N#C/C(=C\c1c(N(Cc2ccccc2)Cc2ccccc2)nc2ccccn2c1=O)C(N)=O. The molecule has 0 bridgehead atoms. The molecule has 2 heterocycles. The molecular formula is C26H21N5O2. The van der Waals surface area contributed by atoms with Crippen molar-refractivity contribution in [1.29, 1.82) is 5.26 Å². The molecule has 0 unspecified atom stereocenters. The molecule has 2 aromatic carbocycles.